The molecule has 1 heterocycles. The molecule has 1 aromatic heterocycles. The fourth-order valence-electron chi connectivity index (χ4n) is 2.14. The number of fused-ring (bicyclic) bond motifs is 1. The molecule has 0 fully saturated rings. The summed E-state index contributed by atoms with van der Waals surface area (Å²) in [6.45, 7) is 2.01. The number of H-pyrrole nitrogens is 1. The van der Waals surface area contributed by atoms with Crippen molar-refractivity contribution in [3.63, 3.8) is 0 Å². The van der Waals surface area contributed by atoms with Crippen LogP contribution in [0, 0.1) is 0 Å². The van der Waals surface area contributed by atoms with E-state index in [4.69, 9.17) is 0 Å². The number of para-hydroxylation sites is 2. The van der Waals surface area contributed by atoms with E-state index in [0.29, 0.717) is 6.42 Å². The third kappa shape index (κ3) is 3.76. The van der Waals surface area contributed by atoms with E-state index in [9.17, 15) is 4.79 Å². The number of nitrogens with one attached hydrogen (secondary N) is 2. The molecule has 2 aromatic rings. The number of imidazole rings is 1. The number of hydrogen-bond donors (Lipinski definition) is 2. The van der Waals surface area contributed by atoms with Crippen molar-refractivity contribution in [2.75, 3.05) is 12.0 Å². The van der Waals surface area contributed by atoms with Gasteiger partial charge in [0, 0.05) is 6.42 Å². The minimum atomic E-state index is -0.0334. The molecule has 1 amide bonds. The monoisotopic (exact) mass is 291 g/mol. The molecule has 2 rings (SSSR count). The molecule has 2 N–H and O–H groups in total. The van der Waals surface area contributed by atoms with Gasteiger partial charge in [-0.25, -0.2) is 4.98 Å². The zero-order valence-electron chi connectivity index (χ0n) is 12.0. The van der Waals surface area contributed by atoms with Gasteiger partial charge in [-0.15, -0.1) is 0 Å². The molecule has 1 unspecified atom stereocenters. The fourth-order valence-corrected chi connectivity index (χ4v) is 2.62. The highest BCUT2D eigenvalue weighted by Gasteiger charge is 2.17. The maximum Gasteiger partial charge on any atom is 0.220 e. The van der Waals surface area contributed by atoms with Gasteiger partial charge in [-0.05, 0) is 37.0 Å². The molecule has 0 bridgehead atoms. The van der Waals surface area contributed by atoms with Gasteiger partial charge in [0.2, 0.25) is 5.91 Å². The molecule has 1 atom stereocenters. The average molecular weight is 291 g/mol. The third-order valence-corrected chi connectivity index (χ3v) is 3.80. The summed E-state index contributed by atoms with van der Waals surface area (Å²) in [5.74, 6) is 1.94. The lowest BCUT2D eigenvalue weighted by atomic mass is 10.2. The number of carbonyl (C=O) groups is 1. The average Bonchev–Trinajstić information content (AvgIpc) is 2.87. The summed E-state index contributed by atoms with van der Waals surface area (Å²) in [5, 5.41) is 3.08. The Kier molecular flexibility index (Phi) is 5.47. The molecule has 5 heteroatoms. The quantitative estimate of drug-likeness (QED) is 0.823. The van der Waals surface area contributed by atoms with Gasteiger partial charge in [-0.1, -0.05) is 19.1 Å². The number of amides is 1. The zero-order valence-corrected chi connectivity index (χ0v) is 12.8. The van der Waals surface area contributed by atoms with Gasteiger partial charge in [0.05, 0.1) is 17.1 Å². The summed E-state index contributed by atoms with van der Waals surface area (Å²) in [7, 11) is 0. The van der Waals surface area contributed by atoms with Gasteiger partial charge in [-0.2, -0.15) is 11.8 Å². The highest BCUT2D eigenvalue weighted by molar-refractivity contribution is 7.98. The van der Waals surface area contributed by atoms with Crippen molar-refractivity contribution in [2.45, 2.75) is 32.2 Å². The lowest BCUT2D eigenvalue weighted by Gasteiger charge is -2.16. The predicted octanol–water partition coefficient (Wildman–Crippen LogP) is 3.27. The Balaban J connectivity index is 2.18. The second-order valence-electron chi connectivity index (χ2n) is 4.79. The number of thioether (sulfide) groups is 1. The second-order valence-corrected chi connectivity index (χ2v) is 5.78. The molecule has 20 heavy (non-hydrogen) atoms. The van der Waals surface area contributed by atoms with Crippen LogP contribution in [0.15, 0.2) is 24.3 Å². The molecule has 0 saturated carbocycles. The first-order chi connectivity index (χ1) is 9.74. The van der Waals surface area contributed by atoms with Crippen LogP contribution in [0.1, 0.15) is 38.1 Å². The summed E-state index contributed by atoms with van der Waals surface area (Å²) in [5.41, 5.74) is 1.96. The van der Waals surface area contributed by atoms with Gasteiger partial charge in [0.15, 0.2) is 0 Å². The Morgan fingerprint density at radius 2 is 2.25 bits per heavy atom. The Labute approximate surface area is 123 Å². The van der Waals surface area contributed by atoms with E-state index in [1.165, 1.54) is 0 Å². The van der Waals surface area contributed by atoms with Crippen LogP contribution >= 0.6 is 11.8 Å². The Hall–Kier alpha value is -1.49. The SMILES string of the molecule is CCCC(=O)NC(CCSC)c1nc2ccccc2[nH]1. The third-order valence-electron chi connectivity index (χ3n) is 3.16. The summed E-state index contributed by atoms with van der Waals surface area (Å²) in [4.78, 5) is 19.8. The number of carbonyl (C=O) groups excluding carboxylic acids is 1. The van der Waals surface area contributed by atoms with Gasteiger partial charge >= 0.3 is 0 Å². The molecule has 0 saturated heterocycles. The lowest BCUT2D eigenvalue weighted by molar-refractivity contribution is -0.121. The van der Waals surface area contributed by atoms with Crippen LogP contribution in [0.25, 0.3) is 11.0 Å². The highest BCUT2D eigenvalue weighted by Crippen LogP contribution is 2.20. The number of nitrogens with zero attached hydrogens (tertiary/aromatic N) is 1. The van der Waals surface area contributed by atoms with Gasteiger partial charge in [0.1, 0.15) is 5.82 Å². The largest absolute Gasteiger partial charge is 0.346 e. The van der Waals surface area contributed by atoms with Gasteiger partial charge < -0.3 is 10.3 Å². The van der Waals surface area contributed by atoms with Crippen molar-refractivity contribution in [1.82, 2.24) is 15.3 Å². The molecule has 4 nitrogen and oxygen atoms in total. The van der Waals surface area contributed by atoms with Crippen molar-refractivity contribution in [3.8, 4) is 0 Å². The summed E-state index contributed by atoms with van der Waals surface area (Å²) >= 11 is 1.78. The van der Waals surface area contributed by atoms with Crippen LogP contribution in [0.5, 0.6) is 0 Å². The molecule has 0 aliphatic carbocycles. The second kappa shape index (κ2) is 7.33. The number of aromatic nitrogens is 2. The van der Waals surface area contributed by atoms with Crippen LogP contribution < -0.4 is 5.32 Å². The normalized spacial score (nSPS) is 12.5. The van der Waals surface area contributed by atoms with Crippen molar-refractivity contribution < 1.29 is 4.79 Å². The summed E-state index contributed by atoms with van der Waals surface area (Å²) < 4.78 is 0. The highest BCUT2D eigenvalue weighted by atomic mass is 32.2. The van der Waals surface area contributed by atoms with Gasteiger partial charge in [0.25, 0.3) is 0 Å². The van der Waals surface area contributed by atoms with Crippen molar-refractivity contribution in [1.29, 1.82) is 0 Å². The van der Waals surface area contributed by atoms with Gasteiger partial charge in [-0.3, -0.25) is 4.79 Å². The van der Waals surface area contributed by atoms with Crippen molar-refractivity contribution >= 4 is 28.7 Å². The number of hydrogen-bond acceptors (Lipinski definition) is 3. The Bertz CT molecular complexity index is 534. The molecule has 108 valence electrons. The fraction of sp³-hybridized carbons (Fsp3) is 0.467. The van der Waals surface area contributed by atoms with Crippen LogP contribution in [0.2, 0.25) is 0 Å². The Morgan fingerprint density at radius 1 is 1.45 bits per heavy atom. The predicted molar refractivity (Wildman–Crippen MR) is 84.9 cm³/mol. The molecule has 0 aliphatic rings. The molecular weight excluding hydrogens is 270 g/mol. The zero-order chi connectivity index (χ0) is 14.4. The van der Waals surface area contributed by atoms with Crippen LogP contribution in [-0.2, 0) is 4.79 Å². The minimum Gasteiger partial charge on any atom is -0.346 e. The van der Waals surface area contributed by atoms with Crippen LogP contribution in [0.4, 0.5) is 0 Å². The van der Waals surface area contributed by atoms with E-state index in [1.54, 1.807) is 11.8 Å². The first-order valence-electron chi connectivity index (χ1n) is 6.97. The number of benzene rings is 1. The standard InChI is InChI=1S/C15H21N3OS/c1-3-6-14(19)16-13(9-10-20-2)15-17-11-7-4-5-8-12(11)18-15/h4-5,7-8,13H,3,6,9-10H2,1-2H3,(H,16,19)(H,17,18). The first kappa shape index (κ1) is 14.9. The molecule has 0 aliphatic heterocycles. The molecule has 0 spiro atoms. The van der Waals surface area contributed by atoms with Crippen LogP contribution in [-0.4, -0.2) is 27.9 Å². The minimum absolute atomic E-state index is 0.0334. The van der Waals surface area contributed by atoms with E-state index in [2.05, 4.69) is 21.5 Å². The van der Waals surface area contributed by atoms with E-state index in [1.807, 2.05) is 31.2 Å². The molecule has 0 radical (unpaired) electrons. The number of aromatic amines is 1. The van der Waals surface area contributed by atoms with E-state index < -0.39 is 0 Å². The number of rotatable bonds is 7. The first-order valence-corrected chi connectivity index (χ1v) is 8.37. The van der Waals surface area contributed by atoms with Crippen LogP contribution in [0.3, 0.4) is 0 Å². The Morgan fingerprint density at radius 3 is 2.95 bits per heavy atom. The van der Waals surface area contributed by atoms with Crippen molar-refractivity contribution in [3.05, 3.63) is 30.1 Å². The maximum atomic E-state index is 11.8. The van der Waals surface area contributed by atoms with E-state index in [0.717, 1.165) is 35.5 Å². The smallest absolute Gasteiger partial charge is 0.220 e. The maximum absolute atomic E-state index is 11.8. The topological polar surface area (TPSA) is 57.8 Å². The molecular formula is C15H21N3OS. The summed E-state index contributed by atoms with van der Waals surface area (Å²) in [6, 6.07) is 7.91. The molecule has 1 aromatic carbocycles. The lowest BCUT2D eigenvalue weighted by Crippen LogP contribution is -2.29. The van der Waals surface area contributed by atoms with Crippen molar-refractivity contribution in [2.24, 2.45) is 0 Å². The van der Waals surface area contributed by atoms with E-state index in [-0.39, 0.29) is 11.9 Å². The van der Waals surface area contributed by atoms with E-state index >= 15 is 0 Å². The summed E-state index contributed by atoms with van der Waals surface area (Å²) in [6.07, 6.45) is 4.39.